The maximum atomic E-state index is 11.3. The Kier molecular flexibility index (Phi) is 3.75. The molecule has 7 nitrogen and oxygen atoms in total. The van der Waals surface area contributed by atoms with Gasteiger partial charge in [-0.05, 0) is 0 Å². The molecule has 0 spiro atoms. The van der Waals surface area contributed by atoms with E-state index in [0.717, 1.165) is 9.80 Å². The fourth-order valence-corrected chi connectivity index (χ4v) is 1.15. The van der Waals surface area contributed by atoms with Crippen molar-refractivity contribution in [3.63, 3.8) is 0 Å². The quantitative estimate of drug-likeness (QED) is 0.338. The molecule has 7 heteroatoms. The van der Waals surface area contributed by atoms with Gasteiger partial charge in [0.15, 0.2) is 0 Å². The minimum Gasteiger partial charge on any atom is -0.378 e. The molecule has 4 amide bonds. The van der Waals surface area contributed by atoms with Crippen LogP contribution in [0.25, 0.3) is 0 Å². The molecule has 0 aliphatic carbocycles. The lowest BCUT2D eigenvalue weighted by Gasteiger charge is -2.12. The summed E-state index contributed by atoms with van der Waals surface area (Å²) in [6, 6.07) is -0.610. The van der Waals surface area contributed by atoms with Crippen molar-refractivity contribution in [1.29, 1.82) is 0 Å². The molecule has 0 radical (unpaired) electrons. The van der Waals surface area contributed by atoms with Crippen LogP contribution in [0.2, 0.25) is 0 Å². The first-order valence-electron chi connectivity index (χ1n) is 4.51. The zero-order chi connectivity index (χ0) is 11.4. The number of rotatable bonds is 5. The number of ether oxygens (including phenoxy) is 1. The summed E-state index contributed by atoms with van der Waals surface area (Å²) in [5, 5.41) is 0. The monoisotopic (exact) mass is 215 g/mol. The van der Waals surface area contributed by atoms with Gasteiger partial charge >= 0.3 is 17.8 Å². The highest BCUT2D eigenvalue weighted by atomic mass is 16.5. The molecule has 0 aromatic carbocycles. The molecule has 0 atom stereocenters. The third kappa shape index (κ3) is 2.31. The molecule has 1 saturated heterocycles. The van der Waals surface area contributed by atoms with Crippen molar-refractivity contribution in [3.8, 4) is 0 Å². The van der Waals surface area contributed by atoms with Crippen molar-refractivity contribution >= 4 is 17.8 Å². The summed E-state index contributed by atoms with van der Waals surface area (Å²) in [7, 11) is 1.27. The highest BCUT2D eigenvalue weighted by molar-refractivity contribution is 6.44. The van der Waals surface area contributed by atoms with Gasteiger partial charge in [0.25, 0.3) is 0 Å². The molecule has 1 aliphatic heterocycles. The number of likely N-dealkylation sites (N-methyl/N-ethyl adjacent to an activating group) is 1. The van der Waals surface area contributed by atoms with E-state index < -0.39 is 17.8 Å². The Labute approximate surface area is 86.7 Å². The minimum absolute atomic E-state index is 0.0771. The third-order valence-electron chi connectivity index (χ3n) is 1.97. The molecule has 1 aliphatic rings. The van der Waals surface area contributed by atoms with Gasteiger partial charge in [0, 0.05) is 13.6 Å². The molecule has 15 heavy (non-hydrogen) atoms. The standard InChI is InChI=1S/C8H13N3O4/c1-10-6(12)7(13)11(8(10)14)3-5-15-4-2-9/h2-5,9H2,1H3. The predicted octanol–water partition coefficient (Wildman–Crippen LogP) is -1.62. The molecule has 0 bridgehead atoms. The number of hydrogen-bond donors (Lipinski definition) is 1. The molecule has 0 saturated carbocycles. The van der Waals surface area contributed by atoms with Crippen LogP contribution in [0, 0.1) is 0 Å². The molecule has 1 rings (SSSR count). The fourth-order valence-electron chi connectivity index (χ4n) is 1.15. The Morgan fingerprint density at radius 3 is 2.33 bits per heavy atom. The van der Waals surface area contributed by atoms with E-state index in [0.29, 0.717) is 13.2 Å². The summed E-state index contributed by atoms with van der Waals surface area (Å²) in [5.41, 5.74) is 5.19. The van der Waals surface area contributed by atoms with Gasteiger partial charge in [0.1, 0.15) is 0 Å². The van der Waals surface area contributed by atoms with Gasteiger partial charge in [-0.1, -0.05) is 0 Å². The van der Waals surface area contributed by atoms with Crippen molar-refractivity contribution < 1.29 is 19.1 Å². The van der Waals surface area contributed by atoms with Crippen LogP contribution in [0.1, 0.15) is 0 Å². The fraction of sp³-hybridized carbons (Fsp3) is 0.625. The van der Waals surface area contributed by atoms with E-state index >= 15 is 0 Å². The first-order chi connectivity index (χ1) is 7.09. The first kappa shape index (κ1) is 11.6. The molecular formula is C8H13N3O4. The zero-order valence-electron chi connectivity index (χ0n) is 8.43. The second-order valence-corrected chi connectivity index (χ2v) is 3.00. The second kappa shape index (κ2) is 4.85. The molecule has 1 heterocycles. The van der Waals surface area contributed by atoms with E-state index in [1.54, 1.807) is 0 Å². The van der Waals surface area contributed by atoms with E-state index in [2.05, 4.69) is 0 Å². The van der Waals surface area contributed by atoms with Gasteiger partial charge in [-0.3, -0.25) is 19.4 Å². The number of nitrogens with zero attached hydrogens (tertiary/aromatic N) is 2. The summed E-state index contributed by atoms with van der Waals surface area (Å²) in [5.74, 6) is -1.61. The van der Waals surface area contributed by atoms with Crippen LogP contribution in [0.15, 0.2) is 0 Å². The van der Waals surface area contributed by atoms with E-state index in [1.807, 2.05) is 0 Å². The van der Waals surface area contributed by atoms with Crippen molar-refractivity contribution in [2.24, 2.45) is 5.73 Å². The number of amides is 4. The van der Waals surface area contributed by atoms with Gasteiger partial charge in [0.05, 0.1) is 19.8 Å². The predicted molar refractivity (Wildman–Crippen MR) is 49.8 cm³/mol. The molecule has 0 aromatic heterocycles. The van der Waals surface area contributed by atoms with Crippen LogP contribution in [-0.2, 0) is 14.3 Å². The summed E-state index contributed by atoms with van der Waals surface area (Å²) < 4.78 is 5.01. The van der Waals surface area contributed by atoms with Crippen molar-refractivity contribution in [2.45, 2.75) is 0 Å². The molecular weight excluding hydrogens is 202 g/mol. The maximum Gasteiger partial charge on any atom is 0.334 e. The summed E-state index contributed by atoms with van der Waals surface area (Å²) in [4.78, 5) is 35.3. The number of carbonyl (C=O) groups excluding carboxylic acids is 3. The van der Waals surface area contributed by atoms with Gasteiger partial charge in [-0.15, -0.1) is 0 Å². The highest BCUT2D eigenvalue weighted by Gasteiger charge is 2.41. The number of imide groups is 2. The van der Waals surface area contributed by atoms with E-state index in [4.69, 9.17) is 10.5 Å². The third-order valence-corrected chi connectivity index (χ3v) is 1.97. The molecule has 0 aromatic rings. The van der Waals surface area contributed by atoms with Crippen molar-refractivity contribution in [3.05, 3.63) is 0 Å². The molecule has 84 valence electrons. The lowest BCUT2D eigenvalue weighted by molar-refractivity contribution is -0.143. The average molecular weight is 215 g/mol. The Balaban J connectivity index is 2.45. The van der Waals surface area contributed by atoms with Crippen LogP contribution in [0.3, 0.4) is 0 Å². The lowest BCUT2D eigenvalue weighted by Crippen LogP contribution is -2.34. The highest BCUT2D eigenvalue weighted by Crippen LogP contribution is 2.08. The number of carbonyl (C=O) groups is 3. The Morgan fingerprint density at radius 2 is 1.87 bits per heavy atom. The topological polar surface area (TPSA) is 92.9 Å². The summed E-state index contributed by atoms with van der Waals surface area (Å²) >= 11 is 0. The van der Waals surface area contributed by atoms with Crippen molar-refractivity contribution in [2.75, 3.05) is 33.4 Å². The van der Waals surface area contributed by atoms with Gasteiger partial charge in [-0.25, -0.2) is 4.79 Å². The van der Waals surface area contributed by atoms with Gasteiger partial charge < -0.3 is 10.5 Å². The van der Waals surface area contributed by atoms with Crippen molar-refractivity contribution in [1.82, 2.24) is 9.80 Å². The van der Waals surface area contributed by atoms with E-state index in [-0.39, 0.29) is 13.2 Å². The molecule has 1 fully saturated rings. The van der Waals surface area contributed by atoms with E-state index in [9.17, 15) is 14.4 Å². The van der Waals surface area contributed by atoms with Gasteiger partial charge in [-0.2, -0.15) is 0 Å². The number of nitrogens with two attached hydrogens (primary N) is 1. The van der Waals surface area contributed by atoms with E-state index in [1.165, 1.54) is 7.05 Å². The Morgan fingerprint density at radius 1 is 1.20 bits per heavy atom. The van der Waals surface area contributed by atoms with Crippen LogP contribution in [0.4, 0.5) is 4.79 Å². The first-order valence-corrected chi connectivity index (χ1v) is 4.51. The number of urea groups is 1. The summed E-state index contributed by atoms with van der Waals surface area (Å²) in [6.07, 6.45) is 0. The second-order valence-electron chi connectivity index (χ2n) is 3.00. The van der Waals surface area contributed by atoms with Crippen LogP contribution >= 0.6 is 0 Å². The number of hydrogen-bond acceptors (Lipinski definition) is 5. The van der Waals surface area contributed by atoms with Crippen LogP contribution in [0.5, 0.6) is 0 Å². The maximum absolute atomic E-state index is 11.3. The average Bonchev–Trinajstić information content (AvgIpc) is 2.41. The summed E-state index contributed by atoms with van der Waals surface area (Å²) in [6.45, 7) is 1.00. The zero-order valence-corrected chi connectivity index (χ0v) is 8.43. The van der Waals surface area contributed by atoms with Crippen LogP contribution in [-0.4, -0.2) is 61.0 Å². The smallest absolute Gasteiger partial charge is 0.334 e. The van der Waals surface area contributed by atoms with Crippen LogP contribution < -0.4 is 5.73 Å². The normalized spacial score (nSPS) is 16.8. The largest absolute Gasteiger partial charge is 0.378 e. The lowest BCUT2D eigenvalue weighted by atomic mass is 10.5. The Hall–Kier alpha value is -1.47. The Bertz CT molecular complexity index is 292. The van der Waals surface area contributed by atoms with Gasteiger partial charge in [0.2, 0.25) is 0 Å². The SMILES string of the molecule is CN1C(=O)C(=O)N(CCOCCN)C1=O. The molecule has 0 unspecified atom stereocenters. The minimum atomic E-state index is -0.807. The molecule has 2 N–H and O–H groups in total.